The van der Waals surface area contributed by atoms with Gasteiger partial charge in [-0.25, -0.2) is 0 Å². The molecule has 32 heavy (non-hydrogen) atoms. The molecule has 1 aromatic heterocycles. The van der Waals surface area contributed by atoms with E-state index in [-0.39, 0.29) is 23.8 Å². The molecule has 1 N–H and O–H groups in total. The number of rotatable bonds is 8. The van der Waals surface area contributed by atoms with Gasteiger partial charge in [-0.15, -0.1) is 10.2 Å². The second-order valence-corrected chi connectivity index (χ2v) is 9.51. The van der Waals surface area contributed by atoms with E-state index < -0.39 is 0 Å². The van der Waals surface area contributed by atoms with Crippen molar-refractivity contribution in [1.29, 1.82) is 0 Å². The summed E-state index contributed by atoms with van der Waals surface area (Å²) in [6.45, 7) is 3.36. The molecular formula is C23H24Cl2N4O2S. The maximum atomic E-state index is 12.6. The zero-order valence-electron chi connectivity index (χ0n) is 17.6. The SMILES string of the molecule is CC(NC(=O)CSc1nnc(-c2ccc(Cl)cc2)n1CC1CCCO1)c1cccc(Cl)c1. The average Bonchev–Trinajstić information content (AvgIpc) is 3.43. The standard InChI is InChI=1S/C23H24Cl2N4O2S/c1-15(17-4-2-5-19(25)12-17)26-21(30)14-32-23-28-27-22(16-7-9-18(24)10-8-16)29(23)13-20-6-3-11-31-20/h2,4-5,7-10,12,15,20H,3,6,11,13-14H2,1H3,(H,26,30). The van der Waals surface area contributed by atoms with E-state index in [4.69, 9.17) is 27.9 Å². The van der Waals surface area contributed by atoms with Crippen molar-refractivity contribution >= 4 is 40.9 Å². The topological polar surface area (TPSA) is 69.0 Å². The fraction of sp³-hybridized carbons (Fsp3) is 0.348. The Morgan fingerprint density at radius 1 is 1.22 bits per heavy atom. The number of carbonyl (C=O) groups excluding carboxylic acids is 1. The first-order chi connectivity index (χ1) is 15.5. The molecule has 0 bridgehead atoms. The molecular weight excluding hydrogens is 467 g/mol. The van der Waals surface area contributed by atoms with Crippen LogP contribution < -0.4 is 5.32 Å². The lowest BCUT2D eigenvalue weighted by Gasteiger charge is -2.16. The zero-order chi connectivity index (χ0) is 22.5. The van der Waals surface area contributed by atoms with Crippen molar-refractivity contribution in [3.8, 4) is 11.4 Å². The van der Waals surface area contributed by atoms with E-state index in [1.165, 1.54) is 11.8 Å². The number of halogens is 2. The molecule has 9 heteroatoms. The molecule has 3 aromatic rings. The highest BCUT2D eigenvalue weighted by Gasteiger charge is 2.22. The Hall–Kier alpha value is -2.06. The molecule has 1 saturated heterocycles. The predicted molar refractivity (Wildman–Crippen MR) is 128 cm³/mol. The quantitative estimate of drug-likeness (QED) is 0.428. The van der Waals surface area contributed by atoms with Gasteiger partial charge in [0.2, 0.25) is 5.91 Å². The summed E-state index contributed by atoms with van der Waals surface area (Å²) in [5.41, 5.74) is 1.88. The number of hydrogen-bond donors (Lipinski definition) is 1. The number of amides is 1. The van der Waals surface area contributed by atoms with E-state index in [2.05, 4.69) is 15.5 Å². The van der Waals surface area contributed by atoms with Crippen molar-refractivity contribution in [1.82, 2.24) is 20.1 Å². The molecule has 2 heterocycles. The number of thioether (sulfide) groups is 1. The molecule has 1 aliphatic rings. The van der Waals surface area contributed by atoms with Crippen molar-refractivity contribution < 1.29 is 9.53 Å². The molecule has 1 aliphatic heterocycles. The molecule has 0 saturated carbocycles. The zero-order valence-corrected chi connectivity index (χ0v) is 20.0. The summed E-state index contributed by atoms with van der Waals surface area (Å²) < 4.78 is 7.87. The summed E-state index contributed by atoms with van der Waals surface area (Å²) in [5, 5.41) is 13.8. The number of carbonyl (C=O) groups is 1. The van der Waals surface area contributed by atoms with Gasteiger partial charge in [0.15, 0.2) is 11.0 Å². The van der Waals surface area contributed by atoms with Crippen LogP contribution in [-0.2, 0) is 16.1 Å². The Balaban J connectivity index is 1.46. The minimum atomic E-state index is -0.142. The maximum absolute atomic E-state index is 12.6. The van der Waals surface area contributed by atoms with Crippen molar-refractivity contribution in [2.45, 2.75) is 43.6 Å². The van der Waals surface area contributed by atoms with Gasteiger partial charge in [0.1, 0.15) is 0 Å². The lowest BCUT2D eigenvalue weighted by Crippen LogP contribution is -2.28. The third kappa shape index (κ3) is 5.84. The van der Waals surface area contributed by atoms with Gasteiger partial charge >= 0.3 is 0 Å². The van der Waals surface area contributed by atoms with Crippen LogP contribution >= 0.6 is 35.0 Å². The number of hydrogen-bond acceptors (Lipinski definition) is 5. The highest BCUT2D eigenvalue weighted by molar-refractivity contribution is 7.99. The highest BCUT2D eigenvalue weighted by atomic mass is 35.5. The van der Waals surface area contributed by atoms with Gasteiger partial charge in [0, 0.05) is 22.2 Å². The van der Waals surface area contributed by atoms with Gasteiger partial charge in [0.05, 0.1) is 24.4 Å². The molecule has 2 aromatic carbocycles. The van der Waals surface area contributed by atoms with Crippen molar-refractivity contribution in [3.63, 3.8) is 0 Å². The van der Waals surface area contributed by atoms with Crippen LogP contribution in [0.2, 0.25) is 10.0 Å². The van der Waals surface area contributed by atoms with Crippen molar-refractivity contribution in [3.05, 3.63) is 64.1 Å². The monoisotopic (exact) mass is 490 g/mol. The molecule has 1 fully saturated rings. The average molecular weight is 491 g/mol. The Labute approximate surface area is 201 Å². The Morgan fingerprint density at radius 3 is 2.75 bits per heavy atom. The van der Waals surface area contributed by atoms with Gasteiger partial charge in [-0.2, -0.15) is 0 Å². The van der Waals surface area contributed by atoms with Crippen LogP contribution in [-0.4, -0.2) is 39.1 Å². The number of aromatic nitrogens is 3. The minimum Gasteiger partial charge on any atom is -0.376 e. The number of ether oxygens (including phenoxy) is 1. The van der Waals surface area contributed by atoms with Crippen molar-refractivity contribution in [2.24, 2.45) is 0 Å². The summed E-state index contributed by atoms with van der Waals surface area (Å²) in [4.78, 5) is 12.6. The predicted octanol–water partition coefficient (Wildman–Crippen LogP) is 5.40. The molecule has 1 amide bonds. The molecule has 2 unspecified atom stereocenters. The second kappa shape index (κ2) is 10.7. The van der Waals surface area contributed by atoms with E-state index in [1.807, 2.05) is 60.0 Å². The summed E-state index contributed by atoms with van der Waals surface area (Å²) in [7, 11) is 0. The molecule has 2 atom stereocenters. The molecule has 6 nitrogen and oxygen atoms in total. The fourth-order valence-corrected chi connectivity index (χ4v) is 4.72. The minimum absolute atomic E-state index is 0.0813. The Bertz CT molecular complexity index is 1070. The van der Waals surface area contributed by atoms with Gasteiger partial charge in [-0.05, 0) is 61.7 Å². The third-order valence-corrected chi connectivity index (χ3v) is 6.74. The van der Waals surface area contributed by atoms with E-state index >= 15 is 0 Å². The highest BCUT2D eigenvalue weighted by Crippen LogP contribution is 2.27. The second-order valence-electron chi connectivity index (χ2n) is 7.69. The maximum Gasteiger partial charge on any atom is 0.230 e. The Morgan fingerprint density at radius 2 is 2.03 bits per heavy atom. The first-order valence-electron chi connectivity index (χ1n) is 10.5. The first kappa shape index (κ1) is 23.1. The van der Waals surface area contributed by atoms with E-state index in [0.29, 0.717) is 21.7 Å². The van der Waals surface area contributed by atoms with Gasteiger partial charge in [-0.3, -0.25) is 9.36 Å². The fourth-order valence-electron chi connectivity index (χ4n) is 3.64. The van der Waals surface area contributed by atoms with E-state index in [1.54, 1.807) is 0 Å². The van der Waals surface area contributed by atoms with Gasteiger partial charge in [-0.1, -0.05) is 47.1 Å². The van der Waals surface area contributed by atoms with Crippen LogP contribution in [0.3, 0.4) is 0 Å². The van der Waals surface area contributed by atoms with E-state index in [9.17, 15) is 4.79 Å². The molecule has 0 spiro atoms. The normalized spacial score (nSPS) is 16.8. The largest absolute Gasteiger partial charge is 0.376 e. The van der Waals surface area contributed by atoms with Crippen LogP contribution in [0.5, 0.6) is 0 Å². The third-order valence-electron chi connectivity index (χ3n) is 5.29. The van der Waals surface area contributed by atoms with Gasteiger partial charge < -0.3 is 10.1 Å². The Kier molecular flexibility index (Phi) is 7.73. The summed E-state index contributed by atoms with van der Waals surface area (Å²) in [5.74, 6) is 0.893. The van der Waals surface area contributed by atoms with Crippen LogP contribution in [0.15, 0.2) is 53.7 Å². The summed E-state index contributed by atoms with van der Waals surface area (Å²) in [6.07, 6.45) is 2.17. The van der Waals surface area contributed by atoms with Crippen molar-refractivity contribution in [2.75, 3.05) is 12.4 Å². The summed E-state index contributed by atoms with van der Waals surface area (Å²) >= 11 is 13.5. The van der Waals surface area contributed by atoms with Crippen LogP contribution in [0.4, 0.5) is 0 Å². The van der Waals surface area contributed by atoms with E-state index in [0.717, 1.165) is 36.4 Å². The molecule has 0 aliphatic carbocycles. The molecule has 4 rings (SSSR count). The number of nitrogens with one attached hydrogen (secondary N) is 1. The molecule has 0 radical (unpaired) electrons. The molecule has 168 valence electrons. The van der Waals surface area contributed by atoms with Gasteiger partial charge in [0.25, 0.3) is 0 Å². The smallest absolute Gasteiger partial charge is 0.230 e. The lowest BCUT2D eigenvalue weighted by atomic mass is 10.1. The van der Waals surface area contributed by atoms with Crippen LogP contribution in [0.25, 0.3) is 11.4 Å². The van der Waals surface area contributed by atoms with Crippen LogP contribution in [0, 0.1) is 0 Å². The number of nitrogens with zero attached hydrogens (tertiary/aromatic N) is 3. The first-order valence-corrected chi connectivity index (χ1v) is 12.2. The lowest BCUT2D eigenvalue weighted by molar-refractivity contribution is -0.119. The number of benzene rings is 2. The summed E-state index contributed by atoms with van der Waals surface area (Å²) in [6, 6.07) is 14.9. The van der Waals surface area contributed by atoms with Crippen LogP contribution in [0.1, 0.15) is 31.4 Å².